The maximum Gasteiger partial charge on any atom is 0.188 e. The van der Waals surface area contributed by atoms with Crippen molar-refractivity contribution in [1.82, 2.24) is 5.32 Å². The first kappa shape index (κ1) is 22.8. The summed E-state index contributed by atoms with van der Waals surface area (Å²) in [5.74, 6) is -0.0993. The average Bonchev–Trinajstić information content (AvgIpc) is 3.14. The molecule has 0 aromatic carbocycles. The third-order valence-corrected chi connectivity index (χ3v) is 10.8. The number of aliphatic carboxylic acids is 1. The lowest BCUT2D eigenvalue weighted by atomic mass is 9.46. The predicted octanol–water partition coefficient (Wildman–Crippen LogP) is 0.423. The topological polar surface area (TPSA) is 109 Å². The molecule has 0 amide bonds. The van der Waals surface area contributed by atoms with Gasteiger partial charge in [-0.25, -0.2) is 0 Å². The normalized spacial score (nSPS) is 46.9. The minimum absolute atomic E-state index is 0.00129. The van der Waals surface area contributed by atoms with Crippen LogP contribution in [0.15, 0.2) is 0 Å². The number of thioether (sulfide) groups is 1. The van der Waals surface area contributed by atoms with Gasteiger partial charge >= 0.3 is 0 Å². The highest BCUT2D eigenvalue weighted by Crippen LogP contribution is 2.62. The molecule has 3 saturated carbocycles. The van der Waals surface area contributed by atoms with Crippen molar-refractivity contribution in [3.63, 3.8) is 0 Å². The van der Waals surface area contributed by atoms with Crippen molar-refractivity contribution >= 4 is 17.7 Å². The Labute approximate surface area is 185 Å². The van der Waals surface area contributed by atoms with Gasteiger partial charge in [0.25, 0.3) is 0 Å². The third kappa shape index (κ3) is 4.05. The van der Waals surface area contributed by atoms with Crippen molar-refractivity contribution in [3.8, 4) is 0 Å². The summed E-state index contributed by atoms with van der Waals surface area (Å²) < 4.78 is 0. The molecule has 4 fully saturated rings. The van der Waals surface area contributed by atoms with E-state index in [4.69, 9.17) is 0 Å². The lowest BCUT2D eigenvalue weighted by Crippen LogP contribution is -2.97. The summed E-state index contributed by atoms with van der Waals surface area (Å²) in [7, 11) is 0. The largest absolute Gasteiger partial charge is 0.550 e. The highest BCUT2D eigenvalue weighted by molar-refractivity contribution is 8.00. The number of fused-ring (bicyclic) bond motifs is 2. The summed E-state index contributed by atoms with van der Waals surface area (Å²) in [4.78, 5) is 11.7. The molecule has 0 spiro atoms. The summed E-state index contributed by atoms with van der Waals surface area (Å²) in [5, 5.41) is 39.2. The molecule has 4 aliphatic rings. The maximum absolute atomic E-state index is 11.7. The fraction of sp³-hybridized carbons (Fsp3) is 0.957. The van der Waals surface area contributed by atoms with Crippen LogP contribution in [0.5, 0.6) is 0 Å². The summed E-state index contributed by atoms with van der Waals surface area (Å²) in [5.41, 5.74) is -0.510. The molecular weight excluding hydrogens is 400 g/mol. The Morgan fingerprint density at radius 2 is 1.97 bits per heavy atom. The number of carbonyl (C=O) groups excluding carboxylic acids is 1. The van der Waals surface area contributed by atoms with Gasteiger partial charge in [-0.2, -0.15) is 0 Å². The van der Waals surface area contributed by atoms with Gasteiger partial charge in [0.1, 0.15) is 6.04 Å². The number of hydrogen-bond acceptors (Lipinski definition) is 6. The van der Waals surface area contributed by atoms with E-state index >= 15 is 0 Å². The number of nitrogens with two attached hydrogens (primary N) is 1. The van der Waals surface area contributed by atoms with E-state index in [2.05, 4.69) is 17.6 Å². The molecule has 3 aliphatic carbocycles. The number of carboxylic acid groups (broad SMARTS) is 1. The zero-order chi connectivity index (χ0) is 21.5. The Morgan fingerprint density at radius 3 is 2.63 bits per heavy atom. The molecule has 172 valence electrons. The highest BCUT2D eigenvalue weighted by atomic mass is 32.2. The van der Waals surface area contributed by atoms with E-state index in [0.717, 1.165) is 25.3 Å². The van der Waals surface area contributed by atoms with Crippen molar-refractivity contribution in [2.45, 2.75) is 94.5 Å². The number of rotatable bonds is 6. The van der Waals surface area contributed by atoms with Crippen molar-refractivity contribution in [1.29, 1.82) is 0 Å². The van der Waals surface area contributed by atoms with Crippen LogP contribution in [0.1, 0.15) is 71.6 Å². The average molecular weight is 441 g/mol. The van der Waals surface area contributed by atoms with E-state index in [-0.39, 0.29) is 41.8 Å². The first-order chi connectivity index (χ1) is 14.3. The summed E-state index contributed by atoms with van der Waals surface area (Å²) in [6.45, 7) is 5.20. The minimum atomic E-state index is -0.977. The molecule has 30 heavy (non-hydrogen) atoms. The molecule has 1 aliphatic heterocycles. The number of carboxylic acids is 1. The standard InChI is InChI=1S/C23H40N2O4S/c1-22-9-8-18(27)23(2,13-26)17(22)11-16-20(15(22)10-19(28)29)25-21(30-16)24-12-14-6-4-3-5-7-14/h14-18,20-21,24-27H,3-13H2,1-2H3,(H,28,29). The maximum atomic E-state index is 11.7. The van der Waals surface area contributed by atoms with Gasteiger partial charge < -0.3 is 25.4 Å². The van der Waals surface area contributed by atoms with Gasteiger partial charge in [-0.1, -0.05) is 44.9 Å². The van der Waals surface area contributed by atoms with E-state index in [0.29, 0.717) is 11.7 Å². The van der Waals surface area contributed by atoms with E-state index < -0.39 is 17.5 Å². The fourth-order valence-corrected chi connectivity index (χ4v) is 9.01. The van der Waals surface area contributed by atoms with Gasteiger partial charge in [0.05, 0.1) is 18.0 Å². The van der Waals surface area contributed by atoms with Gasteiger partial charge in [-0.3, -0.25) is 5.32 Å². The van der Waals surface area contributed by atoms with Crippen LogP contribution >= 0.6 is 11.8 Å². The van der Waals surface area contributed by atoms with Crippen LogP contribution in [0, 0.1) is 28.6 Å². The molecule has 4 rings (SSSR count). The van der Waals surface area contributed by atoms with Gasteiger partial charge in [0, 0.05) is 23.8 Å². The van der Waals surface area contributed by atoms with Crippen LogP contribution in [0.25, 0.3) is 0 Å². The highest BCUT2D eigenvalue weighted by Gasteiger charge is 2.64. The Hall–Kier alpha value is -0.340. The second kappa shape index (κ2) is 8.89. The quantitative estimate of drug-likeness (QED) is 0.477. The van der Waals surface area contributed by atoms with Crippen LogP contribution in [-0.2, 0) is 4.79 Å². The molecule has 8 unspecified atom stereocenters. The Bertz CT molecular complexity index is 630. The molecule has 0 aromatic rings. The van der Waals surface area contributed by atoms with E-state index in [1.807, 2.05) is 18.7 Å². The zero-order valence-corrected chi connectivity index (χ0v) is 19.3. The Kier molecular flexibility index (Phi) is 6.77. The van der Waals surface area contributed by atoms with Gasteiger partial charge in [-0.05, 0) is 55.8 Å². The SMILES string of the molecule is CC1(CO)C(O)CCC2(C)C(CC(=O)[O-])C3[NH2+]C(NCC4CCCCC4)SC3CC12. The number of aliphatic hydroxyl groups excluding tert-OH is 2. The van der Waals surface area contributed by atoms with Crippen LogP contribution in [0.4, 0.5) is 0 Å². The van der Waals surface area contributed by atoms with E-state index in [9.17, 15) is 20.1 Å². The first-order valence-corrected chi connectivity index (χ1v) is 12.9. The number of quaternary nitrogens is 1. The summed E-state index contributed by atoms with van der Waals surface area (Å²) in [6, 6.07) is 0.246. The molecule has 0 aromatic heterocycles. The molecule has 1 saturated heterocycles. The van der Waals surface area contributed by atoms with Crippen LogP contribution < -0.4 is 15.7 Å². The monoisotopic (exact) mass is 440 g/mol. The number of aliphatic hydroxyl groups is 2. The lowest BCUT2D eigenvalue weighted by Gasteiger charge is -2.60. The second-order valence-electron chi connectivity index (χ2n) is 11.0. The van der Waals surface area contributed by atoms with Crippen LogP contribution in [0.2, 0.25) is 0 Å². The number of nitrogens with one attached hydrogen (secondary N) is 1. The molecule has 8 atom stereocenters. The molecule has 0 bridgehead atoms. The first-order valence-electron chi connectivity index (χ1n) is 12.0. The van der Waals surface area contributed by atoms with Crippen molar-refractivity contribution in [2.75, 3.05) is 13.2 Å². The van der Waals surface area contributed by atoms with Gasteiger partial charge in [0.15, 0.2) is 5.50 Å². The third-order valence-electron chi connectivity index (χ3n) is 9.30. The number of carbonyl (C=O) groups is 1. The molecular formula is C23H40N2O4S. The van der Waals surface area contributed by atoms with Crippen molar-refractivity contribution in [2.24, 2.45) is 28.6 Å². The van der Waals surface area contributed by atoms with Crippen LogP contribution in [-0.4, -0.2) is 52.2 Å². The second-order valence-corrected chi connectivity index (χ2v) is 12.4. The number of hydrogen-bond donors (Lipinski definition) is 4. The lowest BCUT2D eigenvalue weighted by molar-refractivity contribution is -0.708. The molecule has 6 nitrogen and oxygen atoms in total. The van der Waals surface area contributed by atoms with E-state index in [1.54, 1.807) is 0 Å². The molecule has 7 heteroatoms. The molecule has 1 heterocycles. The minimum Gasteiger partial charge on any atom is -0.550 e. The predicted molar refractivity (Wildman–Crippen MR) is 115 cm³/mol. The van der Waals surface area contributed by atoms with Crippen LogP contribution in [0.3, 0.4) is 0 Å². The fourth-order valence-electron chi connectivity index (χ4n) is 7.40. The molecule has 0 radical (unpaired) electrons. The Balaban J connectivity index is 1.52. The summed E-state index contributed by atoms with van der Waals surface area (Å²) in [6.07, 6.45) is 8.59. The van der Waals surface area contributed by atoms with E-state index in [1.165, 1.54) is 32.1 Å². The Morgan fingerprint density at radius 1 is 1.23 bits per heavy atom. The van der Waals surface area contributed by atoms with Crippen molar-refractivity contribution in [3.05, 3.63) is 0 Å². The summed E-state index contributed by atoms with van der Waals surface area (Å²) >= 11 is 1.94. The molecule has 5 N–H and O–H groups in total. The van der Waals surface area contributed by atoms with Crippen molar-refractivity contribution < 1.29 is 25.4 Å². The zero-order valence-electron chi connectivity index (χ0n) is 18.5. The smallest absolute Gasteiger partial charge is 0.188 e. The van der Waals surface area contributed by atoms with Gasteiger partial charge in [-0.15, -0.1) is 0 Å². The van der Waals surface area contributed by atoms with Gasteiger partial charge in [0.2, 0.25) is 0 Å².